The molecule has 0 aromatic carbocycles. The minimum atomic E-state index is -0.250. The van der Waals surface area contributed by atoms with Crippen LogP contribution in [0.2, 0.25) is 0 Å². The molecule has 0 bridgehead atoms. The monoisotopic (exact) mass is 146 g/mol. The Kier molecular flexibility index (Phi) is 5.44. The molecule has 0 amide bonds. The van der Waals surface area contributed by atoms with E-state index in [2.05, 4.69) is 9.97 Å². The van der Waals surface area contributed by atoms with Crippen molar-refractivity contribution in [3.05, 3.63) is 18.1 Å². The molecule has 0 atom stereocenters. The van der Waals surface area contributed by atoms with E-state index in [1.807, 2.05) is 30.8 Å². The second-order valence-corrected chi connectivity index (χ2v) is 1.90. The minimum absolute atomic E-state index is 0.250. The third-order valence-electron chi connectivity index (χ3n) is 1.16. The predicted octanol–water partition coefficient (Wildman–Crippen LogP) is -0.720. The topological polar surface area (TPSA) is 63.1 Å². The zero-order chi connectivity index (χ0) is 8.69. The quantitative estimate of drug-likeness (QED) is 0.387. The third-order valence-corrected chi connectivity index (χ3v) is 1.16. The summed E-state index contributed by atoms with van der Waals surface area (Å²) in [6, 6.07) is 0. The number of aromatic nitrogens is 2. The van der Waals surface area contributed by atoms with Crippen molar-refractivity contribution in [1.29, 1.82) is 0 Å². The number of hydrogen-bond donors (Lipinski definition) is 1. The molecule has 1 heterocycles. The van der Waals surface area contributed by atoms with E-state index in [4.69, 9.17) is 9.90 Å². The second-order valence-electron chi connectivity index (χ2n) is 1.90. The van der Waals surface area contributed by atoms with E-state index in [9.17, 15) is 0 Å². The summed E-state index contributed by atoms with van der Waals surface area (Å²) in [5.41, 5.74) is 1.15. The van der Waals surface area contributed by atoms with Crippen LogP contribution in [0.15, 0.2) is 12.5 Å². The van der Waals surface area contributed by atoms with E-state index in [0.717, 1.165) is 9.93 Å². The van der Waals surface area contributed by atoms with Crippen LogP contribution in [0, 0.1) is 6.92 Å². The van der Waals surface area contributed by atoms with Gasteiger partial charge in [0.2, 0.25) is 0 Å². The molecule has 0 saturated carbocycles. The van der Waals surface area contributed by atoms with E-state index >= 15 is 0 Å². The molecule has 0 unspecified atom stereocenters. The molecule has 0 aliphatic carbocycles. The Balaban J connectivity index is 0.000000292. The SMILES string of the molecule is O=CO.[Li][c]1ncncc1C. The van der Waals surface area contributed by atoms with Crippen LogP contribution in [0.1, 0.15) is 5.56 Å². The van der Waals surface area contributed by atoms with Gasteiger partial charge >= 0.3 is 57.1 Å². The molecule has 1 rings (SSSR count). The van der Waals surface area contributed by atoms with Gasteiger partial charge in [-0.25, -0.2) is 0 Å². The Morgan fingerprint density at radius 1 is 1.73 bits per heavy atom. The summed E-state index contributed by atoms with van der Waals surface area (Å²) in [6.07, 6.45) is 3.37. The van der Waals surface area contributed by atoms with Gasteiger partial charge in [-0.05, 0) is 0 Å². The van der Waals surface area contributed by atoms with Crippen molar-refractivity contribution in [2.75, 3.05) is 0 Å². The fourth-order valence-electron chi connectivity index (χ4n) is 0.460. The second kappa shape index (κ2) is 5.90. The van der Waals surface area contributed by atoms with Gasteiger partial charge in [-0.1, -0.05) is 0 Å². The van der Waals surface area contributed by atoms with E-state index < -0.39 is 0 Å². The maximum atomic E-state index is 8.36. The maximum absolute atomic E-state index is 8.36. The van der Waals surface area contributed by atoms with Crippen LogP contribution in [0.5, 0.6) is 0 Å². The van der Waals surface area contributed by atoms with E-state index in [1.54, 1.807) is 6.33 Å². The summed E-state index contributed by atoms with van der Waals surface area (Å²) in [7, 11) is 0. The Bertz CT molecular complexity index is 209. The summed E-state index contributed by atoms with van der Waals surface area (Å²) in [5.74, 6) is 0. The van der Waals surface area contributed by atoms with Gasteiger partial charge in [0.1, 0.15) is 0 Å². The molecular weight excluding hydrogens is 139 g/mol. The van der Waals surface area contributed by atoms with Gasteiger partial charge in [-0.15, -0.1) is 0 Å². The Hall–Kier alpha value is -0.853. The van der Waals surface area contributed by atoms with E-state index in [1.165, 1.54) is 0 Å². The number of aryl methyl sites for hydroxylation is 1. The number of hydrogen-bond acceptors (Lipinski definition) is 3. The first-order chi connectivity index (χ1) is 5.22. The standard InChI is InChI=1S/C5H5N2.CH2O2.Li/c1-5-2-6-4-7-3-5;2-1-3;/h2,4H,1H3;1H,(H,2,3);. The summed E-state index contributed by atoms with van der Waals surface area (Å²) in [5, 5.41) is 6.89. The Morgan fingerprint density at radius 2 is 2.27 bits per heavy atom. The average Bonchev–Trinajstić information content (AvgIpc) is 1.97. The van der Waals surface area contributed by atoms with Gasteiger partial charge in [0.05, 0.1) is 0 Å². The van der Waals surface area contributed by atoms with Crippen LogP contribution in [0.3, 0.4) is 0 Å². The first-order valence-corrected chi connectivity index (χ1v) is 3.03. The molecule has 0 aliphatic rings. The average molecular weight is 146 g/mol. The normalized spacial score (nSPS) is 7.91. The van der Waals surface area contributed by atoms with Crippen molar-refractivity contribution in [2.24, 2.45) is 0 Å². The van der Waals surface area contributed by atoms with Crippen LogP contribution in [0.25, 0.3) is 0 Å². The summed E-state index contributed by atoms with van der Waals surface area (Å²) >= 11 is 1.97. The molecule has 0 saturated heterocycles. The molecule has 0 spiro atoms. The molecular formula is C6H7LiN2O2. The van der Waals surface area contributed by atoms with Crippen LogP contribution < -0.4 is 4.37 Å². The van der Waals surface area contributed by atoms with Crippen molar-refractivity contribution in [3.63, 3.8) is 0 Å². The molecule has 4 nitrogen and oxygen atoms in total. The van der Waals surface area contributed by atoms with Gasteiger partial charge in [-0.3, -0.25) is 4.79 Å². The molecule has 0 aliphatic heterocycles. The van der Waals surface area contributed by atoms with Crippen LogP contribution >= 0.6 is 0 Å². The molecule has 1 aromatic rings. The molecule has 5 heteroatoms. The number of rotatable bonds is 0. The van der Waals surface area contributed by atoms with Crippen LogP contribution in [-0.4, -0.2) is 39.3 Å². The molecule has 0 fully saturated rings. The Morgan fingerprint density at radius 3 is 2.55 bits per heavy atom. The predicted molar refractivity (Wildman–Crippen MR) is 40.8 cm³/mol. The van der Waals surface area contributed by atoms with Gasteiger partial charge in [0, 0.05) is 0 Å². The molecule has 1 N–H and O–H groups in total. The third kappa shape index (κ3) is 4.54. The summed E-state index contributed by atoms with van der Waals surface area (Å²) in [6.45, 7) is 1.75. The van der Waals surface area contributed by atoms with Crippen molar-refractivity contribution in [2.45, 2.75) is 6.92 Å². The van der Waals surface area contributed by atoms with Crippen molar-refractivity contribution < 1.29 is 9.90 Å². The zero-order valence-electron chi connectivity index (χ0n) is 6.48. The zero-order valence-corrected chi connectivity index (χ0v) is 6.48. The van der Waals surface area contributed by atoms with Crippen molar-refractivity contribution >= 4 is 28.6 Å². The summed E-state index contributed by atoms with van der Waals surface area (Å²) in [4.78, 5) is 16.2. The summed E-state index contributed by atoms with van der Waals surface area (Å²) < 4.78 is 1.06. The van der Waals surface area contributed by atoms with E-state index in [0.29, 0.717) is 0 Å². The van der Waals surface area contributed by atoms with Crippen molar-refractivity contribution in [1.82, 2.24) is 9.97 Å². The van der Waals surface area contributed by atoms with Gasteiger partial charge < -0.3 is 5.11 Å². The fourth-order valence-corrected chi connectivity index (χ4v) is 0.460. The fraction of sp³-hybridized carbons (Fsp3) is 0.167. The van der Waals surface area contributed by atoms with Crippen LogP contribution in [-0.2, 0) is 4.79 Å². The number of nitrogens with zero attached hydrogens (tertiary/aromatic N) is 2. The Labute approximate surface area is 73.9 Å². The first kappa shape index (κ1) is 10.1. The van der Waals surface area contributed by atoms with Gasteiger partial charge in [-0.2, -0.15) is 0 Å². The first-order valence-electron chi connectivity index (χ1n) is 3.03. The number of carboxylic acid groups (broad SMARTS) is 1. The molecule has 0 radical (unpaired) electrons. The van der Waals surface area contributed by atoms with Gasteiger partial charge in [0.25, 0.3) is 6.47 Å². The molecule has 54 valence electrons. The number of carbonyl (C=O) groups is 1. The molecule has 1 aromatic heterocycles. The van der Waals surface area contributed by atoms with E-state index in [-0.39, 0.29) is 6.47 Å². The van der Waals surface area contributed by atoms with Gasteiger partial charge in [0.15, 0.2) is 0 Å². The molecule has 11 heavy (non-hydrogen) atoms. The van der Waals surface area contributed by atoms with Crippen molar-refractivity contribution in [3.8, 4) is 0 Å². The van der Waals surface area contributed by atoms with Crippen LogP contribution in [0.4, 0.5) is 0 Å².